The fourth-order valence-corrected chi connectivity index (χ4v) is 1.34. The molecule has 1 aromatic rings. The minimum atomic E-state index is -0.338. The number of amides is 1. The van der Waals surface area contributed by atoms with Crippen molar-refractivity contribution in [3.8, 4) is 0 Å². The van der Waals surface area contributed by atoms with Crippen molar-refractivity contribution in [2.24, 2.45) is 5.41 Å². The van der Waals surface area contributed by atoms with Crippen LogP contribution in [0.25, 0.3) is 0 Å². The smallest absolute Gasteiger partial charge is 0.225 e. The number of hydrogen-bond acceptors (Lipinski definition) is 3. The van der Waals surface area contributed by atoms with Crippen LogP contribution in [0.2, 0.25) is 0 Å². The third kappa shape index (κ3) is 3.36. The van der Waals surface area contributed by atoms with E-state index in [0.717, 1.165) is 17.9 Å². The van der Waals surface area contributed by atoms with E-state index >= 15 is 0 Å². The molecule has 0 radical (unpaired) electrons. The molecule has 0 saturated heterocycles. The van der Waals surface area contributed by atoms with E-state index in [1.165, 1.54) is 6.39 Å². The molecule has 1 heterocycles. The summed E-state index contributed by atoms with van der Waals surface area (Å²) in [4.78, 5) is 15.7. The summed E-state index contributed by atoms with van der Waals surface area (Å²) in [6.07, 6.45) is 3.02. The quantitative estimate of drug-likeness (QED) is 0.850. The van der Waals surface area contributed by atoms with E-state index in [9.17, 15) is 4.79 Å². The number of oxazole rings is 1. The monoisotopic (exact) mass is 224 g/mol. The second-order valence-corrected chi connectivity index (χ2v) is 4.83. The van der Waals surface area contributed by atoms with Crippen molar-refractivity contribution in [3.05, 3.63) is 17.8 Å². The molecule has 1 aromatic heterocycles. The Morgan fingerprint density at radius 1 is 1.50 bits per heavy atom. The molecule has 4 nitrogen and oxygen atoms in total. The van der Waals surface area contributed by atoms with Crippen molar-refractivity contribution >= 4 is 5.91 Å². The van der Waals surface area contributed by atoms with Crippen LogP contribution in [0.4, 0.5) is 0 Å². The molecule has 1 N–H and O–H groups in total. The summed E-state index contributed by atoms with van der Waals surface area (Å²) in [6.45, 7) is 8.32. The van der Waals surface area contributed by atoms with Crippen LogP contribution >= 0.6 is 0 Å². The van der Waals surface area contributed by atoms with Gasteiger partial charge < -0.3 is 9.73 Å². The summed E-state index contributed by atoms with van der Waals surface area (Å²) in [5.41, 5.74) is 0.639. The topological polar surface area (TPSA) is 55.1 Å². The zero-order chi connectivity index (χ0) is 12.2. The van der Waals surface area contributed by atoms with Crippen LogP contribution in [0.5, 0.6) is 0 Å². The van der Waals surface area contributed by atoms with Gasteiger partial charge >= 0.3 is 0 Å². The Balaban J connectivity index is 2.39. The molecule has 0 aliphatic carbocycles. The minimum absolute atomic E-state index is 0.0602. The molecule has 0 bridgehead atoms. The van der Waals surface area contributed by atoms with E-state index in [-0.39, 0.29) is 11.3 Å². The zero-order valence-electron chi connectivity index (χ0n) is 10.5. The predicted molar refractivity (Wildman–Crippen MR) is 62.0 cm³/mol. The average molecular weight is 224 g/mol. The highest BCUT2D eigenvalue weighted by Crippen LogP contribution is 2.12. The summed E-state index contributed by atoms with van der Waals surface area (Å²) < 4.78 is 5.26. The molecular formula is C12H20N2O2. The molecule has 16 heavy (non-hydrogen) atoms. The standard InChI is InChI=1S/C12H20N2O2/c1-5-9-10(16-8-14-9)6-7-13-11(15)12(2,3)4/h8H,5-7H2,1-4H3,(H,13,15). The molecule has 90 valence electrons. The largest absolute Gasteiger partial charge is 0.448 e. The molecular weight excluding hydrogens is 204 g/mol. The van der Waals surface area contributed by atoms with Gasteiger partial charge in [-0.1, -0.05) is 27.7 Å². The lowest BCUT2D eigenvalue weighted by atomic mass is 9.96. The Morgan fingerprint density at radius 3 is 2.75 bits per heavy atom. The third-order valence-corrected chi connectivity index (χ3v) is 2.38. The van der Waals surface area contributed by atoms with E-state index in [0.29, 0.717) is 13.0 Å². The van der Waals surface area contributed by atoms with Crippen LogP contribution in [-0.4, -0.2) is 17.4 Å². The summed E-state index contributed by atoms with van der Waals surface area (Å²) in [6, 6.07) is 0. The van der Waals surface area contributed by atoms with Gasteiger partial charge in [-0.25, -0.2) is 4.98 Å². The van der Waals surface area contributed by atoms with Crippen LogP contribution in [0, 0.1) is 5.41 Å². The second kappa shape index (κ2) is 5.14. The highest BCUT2D eigenvalue weighted by atomic mass is 16.3. The number of aromatic nitrogens is 1. The molecule has 0 aliphatic rings. The van der Waals surface area contributed by atoms with Crippen LogP contribution in [0.1, 0.15) is 39.1 Å². The number of carbonyl (C=O) groups is 1. The fraction of sp³-hybridized carbons (Fsp3) is 0.667. The van der Waals surface area contributed by atoms with Crippen LogP contribution in [-0.2, 0) is 17.6 Å². The molecule has 0 unspecified atom stereocenters. The lowest BCUT2D eigenvalue weighted by Crippen LogP contribution is -2.35. The van der Waals surface area contributed by atoms with Gasteiger partial charge in [0.15, 0.2) is 6.39 Å². The molecule has 0 spiro atoms. The first-order valence-corrected chi connectivity index (χ1v) is 5.64. The van der Waals surface area contributed by atoms with Gasteiger partial charge in [0.1, 0.15) is 5.76 Å². The SMILES string of the molecule is CCc1ncoc1CCNC(=O)C(C)(C)C. The highest BCUT2D eigenvalue weighted by molar-refractivity contribution is 5.81. The highest BCUT2D eigenvalue weighted by Gasteiger charge is 2.20. The number of carbonyl (C=O) groups excluding carboxylic acids is 1. The van der Waals surface area contributed by atoms with Gasteiger partial charge in [-0.3, -0.25) is 4.79 Å². The van der Waals surface area contributed by atoms with Crippen LogP contribution in [0.15, 0.2) is 10.8 Å². The summed E-state index contributed by atoms with van der Waals surface area (Å²) >= 11 is 0. The summed E-state index contributed by atoms with van der Waals surface area (Å²) in [7, 11) is 0. The number of nitrogens with one attached hydrogen (secondary N) is 1. The Bertz CT molecular complexity index is 350. The van der Waals surface area contributed by atoms with Crippen molar-refractivity contribution in [2.45, 2.75) is 40.5 Å². The van der Waals surface area contributed by atoms with Gasteiger partial charge in [-0.2, -0.15) is 0 Å². The molecule has 0 aliphatic heterocycles. The van der Waals surface area contributed by atoms with Crippen molar-refractivity contribution in [1.82, 2.24) is 10.3 Å². The zero-order valence-corrected chi connectivity index (χ0v) is 10.5. The first-order valence-electron chi connectivity index (χ1n) is 5.64. The van der Waals surface area contributed by atoms with Crippen molar-refractivity contribution in [3.63, 3.8) is 0 Å². The fourth-order valence-electron chi connectivity index (χ4n) is 1.34. The first-order chi connectivity index (χ1) is 7.45. The lowest BCUT2D eigenvalue weighted by molar-refractivity contribution is -0.128. The number of hydrogen-bond donors (Lipinski definition) is 1. The number of rotatable bonds is 4. The molecule has 4 heteroatoms. The van der Waals surface area contributed by atoms with E-state index in [4.69, 9.17) is 4.42 Å². The van der Waals surface area contributed by atoms with Gasteiger partial charge in [0, 0.05) is 18.4 Å². The van der Waals surface area contributed by atoms with Crippen molar-refractivity contribution in [1.29, 1.82) is 0 Å². The van der Waals surface area contributed by atoms with Gasteiger partial charge in [-0.05, 0) is 6.42 Å². The molecule has 0 saturated carbocycles. The maximum Gasteiger partial charge on any atom is 0.225 e. The van der Waals surface area contributed by atoms with Crippen LogP contribution in [0.3, 0.4) is 0 Å². The predicted octanol–water partition coefficient (Wildman–Crippen LogP) is 1.94. The maximum atomic E-state index is 11.6. The lowest BCUT2D eigenvalue weighted by Gasteiger charge is -2.17. The molecule has 0 fully saturated rings. The Kier molecular flexibility index (Phi) is 4.10. The van der Waals surface area contributed by atoms with E-state index < -0.39 is 0 Å². The Morgan fingerprint density at radius 2 is 2.19 bits per heavy atom. The minimum Gasteiger partial charge on any atom is -0.448 e. The number of aryl methyl sites for hydroxylation is 1. The first kappa shape index (κ1) is 12.7. The van der Waals surface area contributed by atoms with E-state index in [2.05, 4.69) is 10.3 Å². The van der Waals surface area contributed by atoms with Gasteiger partial charge in [0.05, 0.1) is 5.69 Å². The van der Waals surface area contributed by atoms with Gasteiger partial charge in [-0.15, -0.1) is 0 Å². The average Bonchev–Trinajstić information content (AvgIpc) is 2.63. The molecule has 0 aromatic carbocycles. The normalized spacial score (nSPS) is 11.5. The molecule has 1 amide bonds. The van der Waals surface area contributed by atoms with Crippen LogP contribution < -0.4 is 5.32 Å². The number of nitrogens with zero attached hydrogens (tertiary/aromatic N) is 1. The van der Waals surface area contributed by atoms with Gasteiger partial charge in [0.2, 0.25) is 5.91 Å². The Labute approximate surface area is 96.4 Å². The molecule has 0 atom stereocenters. The summed E-state index contributed by atoms with van der Waals surface area (Å²) in [5.74, 6) is 0.932. The second-order valence-electron chi connectivity index (χ2n) is 4.83. The van der Waals surface area contributed by atoms with E-state index in [1.807, 2.05) is 27.7 Å². The van der Waals surface area contributed by atoms with Crippen molar-refractivity contribution in [2.75, 3.05) is 6.54 Å². The third-order valence-electron chi connectivity index (χ3n) is 2.38. The Hall–Kier alpha value is -1.32. The van der Waals surface area contributed by atoms with Crippen molar-refractivity contribution < 1.29 is 9.21 Å². The van der Waals surface area contributed by atoms with E-state index in [1.54, 1.807) is 0 Å². The summed E-state index contributed by atoms with van der Waals surface area (Å²) in [5, 5.41) is 2.89. The maximum absolute atomic E-state index is 11.6. The molecule has 1 rings (SSSR count). The van der Waals surface area contributed by atoms with Gasteiger partial charge in [0.25, 0.3) is 0 Å².